The molecule has 0 spiro atoms. The van der Waals surface area contributed by atoms with Gasteiger partial charge < -0.3 is 5.32 Å². The number of benzene rings is 1. The Morgan fingerprint density at radius 1 is 1.26 bits per heavy atom. The fourth-order valence-electron chi connectivity index (χ4n) is 2.65. The van der Waals surface area contributed by atoms with Gasteiger partial charge in [0.1, 0.15) is 0 Å². The van der Waals surface area contributed by atoms with Gasteiger partial charge in [-0.05, 0) is 45.9 Å². The molecule has 0 aliphatic heterocycles. The van der Waals surface area contributed by atoms with E-state index in [0.29, 0.717) is 6.04 Å². The van der Waals surface area contributed by atoms with Crippen LogP contribution in [0.1, 0.15) is 36.8 Å². The van der Waals surface area contributed by atoms with Crippen molar-refractivity contribution in [2.75, 3.05) is 7.05 Å². The minimum atomic E-state index is 0.333. The zero-order valence-electron chi connectivity index (χ0n) is 12.5. The van der Waals surface area contributed by atoms with Crippen molar-refractivity contribution in [1.82, 2.24) is 15.1 Å². The van der Waals surface area contributed by atoms with Crippen LogP contribution in [0.3, 0.4) is 0 Å². The number of hydrogen-bond donors (Lipinski definition) is 1. The lowest BCUT2D eigenvalue weighted by Crippen LogP contribution is -2.13. The Bertz CT molecular complexity index is 569. The van der Waals surface area contributed by atoms with Gasteiger partial charge in [0.2, 0.25) is 0 Å². The number of nitrogens with one attached hydrogen (secondary N) is 1. The van der Waals surface area contributed by atoms with Crippen molar-refractivity contribution in [2.45, 2.75) is 40.3 Å². The summed E-state index contributed by atoms with van der Waals surface area (Å²) in [6.07, 6.45) is 0. The van der Waals surface area contributed by atoms with Crippen molar-refractivity contribution in [1.29, 1.82) is 0 Å². The molecule has 1 aromatic heterocycles. The second kappa shape index (κ2) is 5.57. The normalized spacial score (nSPS) is 12.7. The summed E-state index contributed by atoms with van der Waals surface area (Å²) in [6, 6.07) is 8.92. The van der Waals surface area contributed by atoms with Gasteiger partial charge in [0.25, 0.3) is 0 Å². The fourth-order valence-corrected chi connectivity index (χ4v) is 2.65. The summed E-state index contributed by atoms with van der Waals surface area (Å²) in [4.78, 5) is 0. The molecular formula is C16H23N3. The van der Waals surface area contributed by atoms with Gasteiger partial charge in [-0.3, -0.25) is 4.68 Å². The van der Waals surface area contributed by atoms with E-state index in [-0.39, 0.29) is 0 Å². The third-order valence-corrected chi connectivity index (χ3v) is 3.81. The minimum absolute atomic E-state index is 0.333. The average Bonchev–Trinajstić information content (AvgIpc) is 2.72. The molecule has 102 valence electrons. The zero-order chi connectivity index (χ0) is 14.0. The Kier molecular flexibility index (Phi) is 4.05. The van der Waals surface area contributed by atoms with E-state index in [4.69, 9.17) is 0 Å². The summed E-state index contributed by atoms with van der Waals surface area (Å²) in [5.74, 6) is 0. The number of hydrogen-bond acceptors (Lipinski definition) is 2. The molecule has 1 atom stereocenters. The van der Waals surface area contributed by atoms with E-state index in [1.807, 2.05) is 7.05 Å². The maximum atomic E-state index is 4.63. The molecule has 0 amide bonds. The number of aryl methyl sites for hydroxylation is 2. The van der Waals surface area contributed by atoms with E-state index in [9.17, 15) is 0 Å². The highest BCUT2D eigenvalue weighted by atomic mass is 15.3. The molecule has 19 heavy (non-hydrogen) atoms. The van der Waals surface area contributed by atoms with Crippen molar-refractivity contribution >= 4 is 0 Å². The molecule has 3 nitrogen and oxygen atoms in total. The Morgan fingerprint density at radius 2 is 1.95 bits per heavy atom. The van der Waals surface area contributed by atoms with Gasteiger partial charge >= 0.3 is 0 Å². The lowest BCUT2D eigenvalue weighted by molar-refractivity contribution is 0.634. The largest absolute Gasteiger partial charge is 0.313 e. The molecule has 3 heteroatoms. The minimum Gasteiger partial charge on any atom is -0.313 e. The van der Waals surface area contributed by atoms with Gasteiger partial charge in [-0.15, -0.1) is 0 Å². The first kappa shape index (κ1) is 13.8. The van der Waals surface area contributed by atoms with Crippen molar-refractivity contribution in [3.63, 3.8) is 0 Å². The average molecular weight is 257 g/mol. The highest BCUT2D eigenvalue weighted by Crippen LogP contribution is 2.32. The van der Waals surface area contributed by atoms with E-state index >= 15 is 0 Å². The standard InChI is InChI=1S/C16H23N3/c1-6-19-13(4)16(12(3)18-19)15-10-8-7-9-14(15)11(2)17-5/h7-11,17H,6H2,1-5H3. The fraction of sp³-hybridized carbons (Fsp3) is 0.438. The summed E-state index contributed by atoms with van der Waals surface area (Å²) in [5, 5.41) is 7.95. The van der Waals surface area contributed by atoms with Crippen LogP contribution in [-0.4, -0.2) is 16.8 Å². The first-order chi connectivity index (χ1) is 9.10. The topological polar surface area (TPSA) is 29.9 Å². The Balaban J connectivity index is 2.62. The SMILES string of the molecule is CCn1nc(C)c(-c2ccccc2C(C)NC)c1C. The van der Waals surface area contributed by atoms with Gasteiger partial charge in [0, 0.05) is 23.8 Å². The van der Waals surface area contributed by atoms with Crippen molar-refractivity contribution in [3.8, 4) is 11.1 Å². The van der Waals surface area contributed by atoms with Gasteiger partial charge in [-0.25, -0.2) is 0 Å². The highest BCUT2D eigenvalue weighted by Gasteiger charge is 2.17. The summed E-state index contributed by atoms with van der Waals surface area (Å²) in [7, 11) is 2.00. The molecule has 0 saturated carbocycles. The molecule has 0 radical (unpaired) electrons. The maximum absolute atomic E-state index is 4.63. The monoisotopic (exact) mass is 257 g/mol. The van der Waals surface area contributed by atoms with E-state index < -0.39 is 0 Å². The zero-order valence-corrected chi connectivity index (χ0v) is 12.5. The first-order valence-corrected chi connectivity index (χ1v) is 6.90. The molecule has 2 rings (SSSR count). The number of aromatic nitrogens is 2. The van der Waals surface area contributed by atoms with Crippen LogP contribution in [0.4, 0.5) is 0 Å². The molecule has 0 aliphatic rings. The predicted molar refractivity (Wildman–Crippen MR) is 80.3 cm³/mol. The molecule has 1 N–H and O–H groups in total. The third kappa shape index (κ3) is 2.43. The van der Waals surface area contributed by atoms with Crippen LogP contribution in [0.5, 0.6) is 0 Å². The smallest absolute Gasteiger partial charge is 0.0675 e. The molecular weight excluding hydrogens is 234 g/mol. The van der Waals surface area contributed by atoms with E-state index in [0.717, 1.165) is 12.2 Å². The summed E-state index contributed by atoms with van der Waals surface area (Å²) < 4.78 is 2.07. The summed E-state index contributed by atoms with van der Waals surface area (Å²) in [6.45, 7) is 9.48. The number of rotatable bonds is 4. The van der Waals surface area contributed by atoms with E-state index in [1.165, 1.54) is 22.4 Å². The highest BCUT2D eigenvalue weighted by molar-refractivity contribution is 5.72. The van der Waals surface area contributed by atoms with Gasteiger partial charge in [0.05, 0.1) is 5.69 Å². The first-order valence-electron chi connectivity index (χ1n) is 6.90. The lowest BCUT2D eigenvalue weighted by Gasteiger charge is -2.16. The van der Waals surface area contributed by atoms with Crippen LogP contribution < -0.4 is 5.32 Å². The second-order valence-electron chi connectivity index (χ2n) is 4.96. The van der Waals surface area contributed by atoms with Crippen LogP contribution in [0.15, 0.2) is 24.3 Å². The summed E-state index contributed by atoms with van der Waals surface area (Å²) >= 11 is 0. The third-order valence-electron chi connectivity index (χ3n) is 3.81. The van der Waals surface area contributed by atoms with Crippen LogP contribution in [-0.2, 0) is 6.54 Å². The van der Waals surface area contributed by atoms with Gasteiger partial charge in [0.15, 0.2) is 0 Å². The molecule has 1 heterocycles. The Morgan fingerprint density at radius 3 is 2.53 bits per heavy atom. The lowest BCUT2D eigenvalue weighted by atomic mass is 9.94. The Hall–Kier alpha value is -1.61. The van der Waals surface area contributed by atoms with Crippen LogP contribution in [0.25, 0.3) is 11.1 Å². The van der Waals surface area contributed by atoms with Gasteiger partial charge in [-0.2, -0.15) is 5.10 Å². The van der Waals surface area contributed by atoms with E-state index in [2.05, 4.69) is 67.1 Å². The van der Waals surface area contributed by atoms with Crippen LogP contribution >= 0.6 is 0 Å². The van der Waals surface area contributed by atoms with Crippen molar-refractivity contribution in [3.05, 3.63) is 41.2 Å². The molecule has 1 unspecified atom stereocenters. The molecule has 0 fully saturated rings. The summed E-state index contributed by atoms with van der Waals surface area (Å²) in [5.41, 5.74) is 6.25. The maximum Gasteiger partial charge on any atom is 0.0675 e. The van der Waals surface area contributed by atoms with Crippen molar-refractivity contribution < 1.29 is 0 Å². The van der Waals surface area contributed by atoms with Crippen molar-refractivity contribution in [2.24, 2.45) is 0 Å². The van der Waals surface area contributed by atoms with Crippen LogP contribution in [0.2, 0.25) is 0 Å². The van der Waals surface area contributed by atoms with E-state index in [1.54, 1.807) is 0 Å². The van der Waals surface area contributed by atoms with Gasteiger partial charge in [-0.1, -0.05) is 24.3 Å². The molecule has 0 aliphatic carbocycles. The molecule has 0 saturated heterocycles. The van der Waals surface area contributed by atoms with Crippen LogP contribution in [0, 0.1) is 13.8 Å². The molecule has 0 bridgehead atoms. The quantitative estimate of drug-likeness (QED) is 0.909. The predicted octanol–water partition coefficient (Wildman–Crippen LogP) is 3.47. The second-order valence-corrected chi connectivity index (χ2v) is 4.96. The molecule has 2 aromatic rings. The number of nitrogens with zero attached hydrogens (tertiary/aromatic N) is 2. The Labute approximate surface area is 115 Å². The molecule has 1 aromatic carbocycles.